The van der Waals surface area contributed by atoms with E-state index in [1.165, 1.54) is 24.3 Å². The summed E-state index contributed by atoms with van der Waals surface area (Å²) in [5.41, 5.74) is 0.267. The zero-order chi connectivity index (χ0) is 21.9. The van der Waals surface area contributed by atoms with E-state index in [1.807, 2.05) is 0 Å². The molecule has 4 nitrogen and oxygen atoms in total. The first-order valence-corrected chi connectivity index (χ1v) is 7.70. The topological polar surface area (TPSA) is 52.6 Å². The van der Waals surface area contributed by atoms with Crippen LogP contribution in [0.4, 0.5) is 30.7 Å². The van der Waals surface area contributed by atoms with Crippen LogP contribution >= 0.6 is 0 Å². The third-order valence-electron chi connectivity index (χ3n) is 3.55. The molecular formula is C18H11F7O4. The third-order valence-corrected chi connectivity index (χ3v) is 3.55. The van der Waals surface area contributed by atoms with Gasteiger partial charge in [0, 0.05) is 5.56 Å². The van der Waals surface area contributed by atoms with Gasteiger partial charge in [-0.25, -0.2) is 4.79 Å². The molecule has 0 aliphatic carbocycles. The summed E-state index contributed by atoms with van der Waals surface area (Å²) in [5.74, 6) is -13.0. The lowest BCUT2D eigenvalue weighted by atomic mass is 10.1. The minimum absolute atomic E-state index is 0.0794. The summed E-state index contributed by atoms with van der Waals surface area (Å²) >= 11 is 0. The number of hydrogen-bond donors (Lipinski definition) is 0. The number of carbonyl (C=O) groups is 2. The van der Waals surface area contributed by atoms with Gasteiger partial charge in [0.05, 0.1) is 5.56 Å². The fourth-order valence-corrected chi connectivity index (χ4v) is 1.94. The van der Waals surface area contributed by atoms with E-state index in [-0.39, 0.29) is 11.3 Å². The molecule has 2 rings (SSSR count). The summed E-state index contributed by atoms with van der Waals surface area (Å²) in [7, 11) is 0. The number of rotatable bonds is 7. The van der Waals surface area contributed by atoms with Gasteiger partial charge in [0.15, 0.2) is 6.61 Å². The zero-order valence-electron chi connectivity index (χ0n) is 14.2. The Labute approximate surface area is 158 Å². The highest BCUT2D eigenvalue weighted by molar-refractivity contribution is 5.91. The number of benzene rings is 2. The molecule has 0 saturated carbocycles. The van der Waals surface area contributed by atoms with E-state index in [2.05, 4.69) is 4.74 Å². The zero-order valence-corrected chi connectivity index (χ0v) is 14.2. The first-order chi connectivity index (χ1) is 13.4. The van der Waals surface area contributed by atoms with Crippen molar-refractivity contribution in [1.82, 2.24) is 0 Å². The summed E-state index contributed by atoms with van der Waals surface area (Å²) in [6, 6.07) is 9.41. The predicted molar refractivity (Wildman–Crippen MR) is 84.7 cm³/mol. The van der Waals surface area contributed by atoms with E-state index in [4.69, 9.17) is 4.74 Å². The molecule has 0 unspecified atom stereocenters. The highest BCUT2D eigenvalue weighted by Crippen LogP contribution is 2.46. The SMILES string of the molecule is O=Cc1ccc(OC(=O)c2ccc(OCC(F)(F)C(F)(F)C(F)(F)F)cc2)cc1. The van der Waals surface area contributed by atoms with Crippen LogP contribution in [0.25, 0.3) is 0 Å². The van der Waals surface area contributed by atoms with Gasteiger partial charge in [-0.15, -0.1) is 0 Å². The molecule has 0 aromatic heterocycles. The lowest BCUT2D eigenvalue weighted by Gasteiger charge is -2.27. The molecule has 156 valence electrons. The molecule has 0 aliphatic heterocycles. The quantitative estimate of drug-likeness (QED) is 0.274. The van der Waals surface area contributed by atoms with Gasteiger partial charge in [-0.2, -0.15) is 30.7 Å². The maximum absolute atomic E-state index is 13.2. The second kappa shape index (κ2) is 8.10. The molecular weight excluding hydrogens is 413 g/mol. The largest absolute Gasteiger partial charge is 0.487 e. The summed E-state index contributed by atoms with van der Waals surface area (Å²) in [5, 5.41) is 0. The highest BCUT2D eigenvalue weighted by Gasteiger charge is 2.73. The van der Waals surface area contributed by atoms with Gasteiger partial charge >= 0.3 is 24.0 Å². The smallest absolute Gasteiger partial charge is 0.460 e. The summed E-state index contributed by atoms with van der Waals surface area (Å²) in [6.07, 6.45) is -5.87. The van der Waals surface area contributed by atoms with Crippen molar-refractivity contribution in [3.63, 3.8) is 0 Å². The fraction of sp³-hybridized carbons (Fsp3) is 0.222. The maximum atomic E-state index is 13.2. The third kappa shape index (κ3) is 5.04. The molecule has 0 spiro atoms. The number of halogens is 7. The van der Waals surface area contributed by atoms with Gasteiger partial charge < -0.3 is 9.47 Å². The highest BCUT2D eigenvalue weighted by atomic mass is 19.4. The molecule has 0 aliphatic rings. The van der Waals surface area contributed by atoms with E-state index in [0.29, 0.717) is 11.8 Å². The van der Waals surface area contributed by atoms with Crippen molar-refractivity contribution < 1.29 is 49.8 Å². The summed E-state index contributed by atoms with van der Waals surface area (Å²) in [4.78, 5) is 22.5. The van der Waals surface area contributed by atoms with Crippen molar-refractivity contribution in [1.29, 1.82) is 0 Å². The van der Waals surface area contributed by atoms with Gasteiger partial charge in [0.25, 0.3) is 0 Å². The normalized spacial score (nSPS) is 12.4. The van der Waals surface area contributed by atoms with Crippen LogP contribution in [0.2, 0.25) is 0 Å². The van der Waals surface area contributed by atoms with E-state index in [0.717, 1.165) is 24.3 Å². The Kier molecular flexibility index (Phi) is 6.19. The van der Waals surface area contributed by atoms with Gasteiger partial charge in [0.1, 0.15) is 17.8 Å². The standard InChI is InChI=1S/C18H11F7O4/c19-16(20,17(21,22)18(23,24)25)10-28-13-7-3-12(4-8-13)15(27)29-14-5-1-11(9-26)2-6-14/h1-9H,10H2. The number of aldehydes is 1. The molecule has 0 atom stereocenters. The first kappa shape index (κ1) is 22.2. The summed E-state index contributed by atoms with van der Waals surface area (Å²) in [6.45, 7) is -2.23. The molecule has 0 saturated heterocycles. The predicted octanol–water partition coefficient (Wildman–Crippen LogP) is 4.93. The second-order valence-electron chi connectivity index (χ2n) is 5.67. The minimum atomic E-state index is -6.45. The fourth-order valence-electron chi connectivity index (χ4n) is 1.94. The van der Waals surface area contributed by atoms with Crippen LogP contribution in [-0.4, -0.2) is 36.9 Å². The Morgan fingerprint density at radius 1 is 0.828 bits per heavy atom. The molecule has 0 N–H and O–H groups in total. The van der Waals surface area contributed by atoms with Crippen LogP contribution in [0.1, 0.15) is 20.7 Å². The molecule has 29 heavy (non-hydrogen) atoms. The van der Waals surface area contributed by atoms with E-state index < -0.39 is 36.3 Å². The van der Waals surface area contributed by atoms with Crippen molar-refractivity contribution in [3.05, 3.63) is 59.7 Å². The van der Waals surface area contributed by atoms with Crippen molar-refractivity contribution in [2.45, 2.75) is 18.0 Å². The van der Waals surface area contributed by atoms with Crippen LogP contribution in [0.15, 0.2) is 48.5 Å². The Morgan fingerprint density at radius 2 is 1.34 bits per heavy atom. The maximum Gasteiger partial charge on any atom is 0.460 e. The number of alkyl halides is 7. The second-order valence-corrected chi connectivity index (χ2v) is 5.67. The molecule has 0 heterocycles. The Bertz CT molecular complexity index is 859. The lowest BCUT2D eigenvalue weighted by Crippen LogP contribution is -2.54. The molecule has 0 amide bonds. The van der Waals surface area contributed by atoms with E-state index in [9.17, 15) is 40.3 Å². The van der Waals surface area contributed by atoms with Crippen molar-refractivity contribution in [2.75, 3.05) is 6.61 Å². The van der Waals surface area contributed by atoms with Crippen molar-refractivity contribution in [2.24, 2.45) is 0 Å². The lowest BCUT2D eigenvalue weighted by molar-refractivity contribution is -0.358. The van der Waals surface area contributed by atoms with Gasteiger partial charge in [0.2, 0.25) is 0 Å². The number of esters is 1. The van der Waals surface area contributed by atoms with Gasteiger partial charge in [-0.1, -0.05) is 0 Å². The van der Waals surface area contributed by atoms with E-state index >= 15 is 0 Å². The molecule has 0 fully saturated rings. The number of hydrogen-bond acceptors (Lipinski definition) is 4. The average Bonchev–Trinajstić information content (AvgIpc) is 2.66. The summed E-state index contributed by atoms with van der Waals surface area (Å²) < 4.78 is 97.5. The monoisotopic (exact) mass is 424 g/mol. The molecule has 0 bridgehead atoms. The number of carbonyl (C=O) groups excluding carboxylic acids is 2. The molecule has 0 radical (unpaired) electrons. The van der Waals surface area contributed by atoms with Gasteiger partial charge in [-0.05, 0) is 48.5 Å². The van der Waals surface area contributed by atoms with Crippen LogP contribution < -0.4 is 9.47 Å². The van der Waals surface area contributed by atoms with Gasteiger partial charge in [-0.3, -0.25) is 4.79 Å². The van der Waals surface area contributed by atoms with Crippen LogP contribution in [0.3, 0.4) is 0 Å². The minimum Gasteiger partial charge on any atom is -0.487 e. The van der Waals surface area contributed by atoms with Crippen LogP contribution in [0, 0.1) is 0 Å². The molecule has 2 aromatic rings. The average molecular weight is 424 g/mol. The molecule has 2 aromatic carbocycles. The van der Waals surface area contributed by atoms with Crippen molar-refractivity contribution in [3.8, 4) is 11.5 Å². The first-order valence-electron chi connectivity index (χ1n) is 7.70. The Balaban J connectivity index is 2.00. The van der Waals surface area contributed by atoms with Crippen LogP contribution in [0.5, 0.6) is 11.5 Å². The number of ether oxygens (including phenoxy) is 2. The Hall–Kier alpha value is -3.11. The Morgan fingerprint density at radius 3 is 1.83 bits per heavy atom. The van der Waals surface area contributed by atoms with Crippen LogP contribution in [-0.2, 0) is 0 Å². The van der Waals surface area contributed by atoms with Crippen molar-refractivity contribution >= 4 is 12.3 Å². The van der Waals surface area contributed by atoms with E-state index in [1.54, 1.807) is 0 Å². The molecule has 11 heteroatoms.